The summed E-state index contributed by atoms with van der Waals surface area (Å²) in [6.45, 7) is 8.08. The predicted molar refractivity (Wildman–Crippen MR) is 84.0 cm³/mol. The van der Waals surface area contributed by atoms with E-state index >= 15 is 0 Å². The Bertz CT molecular complexity index is 550. The number of benzene rings is 1. The minimum absolute atomic E-state index is 0.0589. The number of nitrogens with one attached hydrogen (secondary N) is 1. The highest BCUT2D eigenvalue weighted by Crippen LogP contribution is 2.26. The van der Waals surface area contributed by atoms with E-state index in [1.807, 2.05) is 27.7 Å². The van der Waals surface area contributed by atoms with Crippen molar-refractivity contribution in [1.29, 1.82) is 0 Å². The lowest BCUT2D eigenvalue weighted by Gasteiger charge is -2.19. The molecule has 4 nitrogen and oxygen atoms in total. The summed E-state index contributed by atoms with van der Waals surface area (Å²) in [6, 6.07) is 5.12. The van der Waals surface area contributed by atoms with Crippen molar-refractivity contribution >= 4 is 27.3 Å². The summed E-state index contributed by atoms with van der Waals surface area (Å²) < 4.78 is 32.1. The van der Waals surface area contributed by atoms with Crippen LogP contribution in [0.5, 0.6) is 5.75 Å². The van der Waals surface area contributed by atoms with Gasteiger partial charge in [-0.15, -0.1) is 11.6 Å². The molecule has 0 aliphatic heterocycles. The van der Waals surface area contributed by atoms with Gasteiger partial charge < -0.3 is 4.74 Å². The van der Waals surface area contributed by atoms with Crippen LogP contribution in [0.15, 0.2) is 18.2 Å². The summed E-state index contributed by atoms with van der Waals surface area (Å²) in [5, 5.41) is 0. The number of halogens is 1. The van der Waals surface area contributed by atoms with Crippen LogP contribution in [0.25, 0.3) is 0 Å². The molecule has 6 heteroatoms. The standard InChI is InChI=1S/C14H22ClNO3S/c1-5-19-13-7-6-12(8-11(13)9-15)16-20(17,18)10-14(2,3)4/h6-8,16H,5,9-10H2,1-4H3. The zero-order valence-electron chi connectivity index (χ0n) is 12.4. The number of alkyl halides is 1. The number of hydrogen-bond acceptors (Lipinski definition) is 3. The number of ether oxygens (including phenoxy) is 1. The fourth-order valence-corrected chi connectivity index (χ4v) is 3.74. The maximum absolute atomic E-state index is 12.1. The molecule has 0 aromatic heterocycles. The third kappa shape index (κ3) is 5.59. The maximum Gasteiger partial charge on any atom is 0.233 e. The van der Waals surface area contributed by atoms with Gasteiger partial charge in [-0.05, 0) is 30.5 Å². The largest absolute Gasteiger partial charge is 0.494 e. The van der Waals surface area contributed by atoms with Crippen LogP contribution in [0.2, 0.25) is 0 Å². The van der Waals surface area contributed by atoms with Crippen LogP contribution in [0, 0.1) is 5.41 Å². The van der Waals surface area contributed by atoms with Gasteiger partial charge in [-0.2, -0.15) is 0 Å². The van der Waals surface area contributed by atoms with E-state index in [0.29, 0.717) is 18.0 Å². The summed E-state index contributed by atoms with van der Waals surface area (Å²) in [6.07, 6.45) is 0. The molecule has 0 heterocycles. The van der Waals surface area contributed by atoms with E-state index in [4.69, 9.17) is 16.3 Å². The van der Waals surface area contributed by atoms with E-state index in [-0.39, 0.29) is 17.0 Å². The molecular formula is C14H22ClNO3S. The second-order valence-corrected chi connectivity index (χ2v) is 7.80. The summed E-state index contributed by atoms with van der Waals surface area (Å²) >= 11 is 5.86. The SMILES string of the molecule is CCOc1ccc(NS(=O)(=O)CC(C)(C)C)cc1CCl. The first-order valence-corrected chi connectivity index (χ1v) is 8.68. The molecule has 0 saturated heterocycles. The van der Waals surface area contributed by atoms with Crippen molar-refractivity contribution in [3.8, 4) is 5.75 Å². The van der Waals surface area contributed by atoms with Crippen molar-refractivity contribution in [1.82, 2.24) is 0 Å². The van der Waals surface area contributed by atoms with E-state index in [1.54, 1.807) is 18.2 Å². The minimum atomic E-state index is -3.38. The van der Waals surface area contributed by atoms with E-state index in [1.165, 1.54) is 0 Å². The van der Waals surface area contributed by atoms with E-state index in [2.05, 4.69) is 4.72 Å². The molecule has 0 amide bonds. The molecule has 0 spiro atoms. The van der Waals surface area contributed by atoms with Gasteiger partial charge in [0.15, 0.2) is 0 Å². The molecule has 1 aromatic rings. The van der Waals surface area contributed by atoms with Gasteiger partial charge in [-0.1, -0.05) is 20.8 Å². The fourth-order valence-electron chi connectivity index (χ4n) is 1.83. The van der Waals surface area contributed by atoms with Crippen LogP contribution in [0.1, 0.15) is 33.3 Å². The average Bonchev–Trinajstić information content (AvgIpc) is 2.27. The van der Waals surface area contributed by atoms with Gasteiger partial charge >= 0.3 is 0 Å². The van der Waals surface area contributed by atoms with Gasteiger partial charge in [0.1, 0.15) is 5.75 Å². The molecule has 0 bridgehead atoms. The molecule has 114 valence electrons. The third-order valence-electron chi connectivity index (χ3n) is 2.40. The molecule has 0 aliphatic rings. The van der Waals surface area contributed by atoms with Crippen molar-refractivity contribution in [3.05, 3.63) is 23.8 Å². The maximum atomic E-state index is 12.1. The predicted octanol–water partition coefficient (Wildman–Crippen LogP) is 3.61. The van der Waals surface area contributed by atoms with E-state index < -0.39 is 10.0 Å². The Balaban J connectivity index is 2.93. The van der Waals surface area contributed by atoms with Crippen LogP contribution in [0.4, 0.5) is 5.69 Å². The van der Waals surface area contributed by atoms with Gasteiger partial charge in [-0.3, -0.25) is 4.72 Å². The van der Waals surface area contributed by atoms with Crippen LogP contribution >= 0.6 is 11.6 Å². The minimum Gasteiger partial charge on any atom is -0.494 e. The molecule has 20 heavy (non-hydrogen) atoms. The number of anilines is 1. The quantitative estimate of drug-likeness (QED) is 0.815. The Morgan fingerprint density at radius 1 is 1.30 bits per heavy atom. The normalized spacial score (nSPS) is 12.2. The summed E-state index contributed by atoms with van der Waals surface area (Å²) in [5.74, 6) is 1.01. The Morgan fingerprint density at radius 3 is 2.45 bits per heavy atom. The first kappa shape index (κ1) is 17.1. The van der Waals surface area contributed by atoms with Gasteiger partial charge in [0.2, 0.25) is 10.0 Å². The number of rotatable bonds is 6. The molecule has 0 saturated carbocycles. The molecule has 1 aromatic carbocycles. The lowest BCUT2D eigenvalue weighted by atomic mass is 10.0. The number of hydrogen-bond donors (Lipinski definition) is 1. The Hall–Kier alpha value is -0.940. The van der Waals surface area contributed by atoms with Gasteiger partial charge in [0.25, 0.3) is 0 Å². The lowest BCUT2D eigenvalue weighted by molar-refractivity contribution is 0.337. The molecule has 1 rings (SSSR count). The summed E-state index contributed by atoms with van der Waals surface area (Å²) in [4.78, 5) is 0. The van der Waals surface area contributed by atoms with Crippen molar-refractivity contribution < 1.29 is 13.2 Å². The Labute approximate surface area is 126 Å². The molecule has 0 fully saturated rings. The van der Waals surface area contributed by atoms with Crippen molar-refractivity contribution in [2.45, 2.75) is 33.6 Å². The van der Waals surface area contributed by atoms with Crippen LogP contribution in [-0.4, -0.2) is 20.8 Å². The monoisotopic (exact) mass is 319 g/mol. The third-order valence-corrected chi connectivity index (χ3v) is 4.48. The van der Waals surface area contributed by atoms with Crippen molar-refractivity contribution in [2.75, 3.05) is 17.1 Å². The molecule has 0 radical (unpaired) electrons. The summed E-state index contributed by atoms with van der Waals surface area (Å²) in [5.41, 5.74) is 0.977. The van der Waals surface area contributed by atoms with Crippen LogP contribution < -0.4 is 9.46 Å². The van der Waals surface area contributed by atoms with Gasteiger partial charge in [-0.25, -0.2) is 8.42 Å². The topological polar surface area (TPSA) is 55.4 Å². The molecule has 0 aliphatic carbocycles. The first-order chi connectivity index (χ1) is 9.17. The zero-order chi connectivity index (χ0) is 15.4. The molecule has 0 atom stereocenters. The van der Waals surface area contributed by atoms with E-state index in [0.717, 1.165) is 5.56 Å². The number of sulfonamides is 1. The smallest absolute Gasteiger partial charge is 0.233 e. The van der Waals surface area contributed by atoms with Gasteiger partial charge in [0, 0.05) is 11.3 Å². The van der Waals surface area contributed by atoms with Gasteiger partial charge in [0.05, 0.1) is 18.2 Å². The van der Waals surface area contributed by atoms with Crippen molar-refractivity contribution in [2.24, 2.45) is 5.41 Å². The van der Waals surface area contributed by atoms with Crippen LogP contribution in [-0.2, 0) is 15.9 Å². The second-order valence-electron chi connectivity index (χ2n) is 5.81. The highest BCUT2D eigenvalue weighted by Gasteiger charge is 2.21. The summed E-state index contributed by atoms with van der Waals surface area (Å²) in [7, 11) is -3.38. The first-order valence-electron chi connectivity index (χ1n) is 6.49. The molecular weight excluding hydrogens is 298 g/mol. The molecule has 1 N–H and O–H groups in total. The second kappa shape index (κ2) is 6.68. The average molecular weight is 320 g/mol. The highest BCUT2D eigenvalue weighted by atomic mass is 35.5. The van der Waals surface area contributed by atoms with Crippen LogP contribution in [0.3, 0.4) is 0 Å². The fraction of sp³-hybridized carbons (Fsp3) is 0.571. The van der Waals surface area contributed by atoms with Crippen molar-refractivity contribution in [3.63, 3.8) is 0 Å². The molecule has 0 unspecified atom stereocenters. The van der Waals surface area contributed by atoms with E-state index in [9.17, 15) is 8.42 Å². The Morgan fingerprint density at radius 2 is 1.95 bits per heavy atom. The lowest BCUT2D eigenvalue weighted by Crippen LogP contribution is -2.26. The highest BCUT2D eigenvalue weighted by molar-refractivity contribution is 7.92. The zero-order valence-corrected chi connectivity index (χ0v) is 13.9. The Kier molecular flexibility index (Phi) is 5.71.